The summed E-state index contributed by atoms with van der Waals surface area (Å²) in [6.45, 7) is 6.72. The molecular weight excluding hydrogens is 235 g/mol. The van der Waals surface area contributed by atoms with Crippen molar-refractivity contribution in [1.82, 2.24) is 0 Å². The number of hydrogen-bond donors (Lipinski definition) is 1. The van der Waals surface area contributed by atoms with Crippen LogP contribution in [-0.2, 0) is 0 Å². The first kappa shape index (κ1) is 14.5. The lowest BCUT2D eigenvalue weighted by Crippen LogP contribution is -2.12. The Hall–Kier alpha value is -1.58. The van der Waals surface area contributed by atoms with Gasteiger partial charge >= 0.3 is 5.97 Å². The van der Waals surface area contributed by atoms with Gasteiger partial charge in [-0.1, -0.05) is 20.8 Å². The summed E-state index contributed by atoms with van der Waals surface area (Å²) >= 11 is 0. The first-order valence-electron chi connectivity index (χ1n) is 6.05. The van der Waals surface area contributed by atoms with Gasteiger partial charge in [-0.15, -0.1) is 0 Å². The second-order valence-electron chi connectivity index (χ2n) is 5.00. The molecule has 1 rings (SSSR count). The van der Waals surface area contributed by atoms with E-state index < -0.39 is 11.8 Å². The van der Waals surface area contributed by atoms with Crippen molar-refractivity contribution in [1.29, 1.82) is 0 Å². The third-order valence-corrected chi connectivity index (χ3v) is 2.58. The molecule has 0 bridgehead atoms. The van der Waals surface area contributed by atoms with Crippen molar-refractivity contribution < 1.29 is 19.0 Å². The standard InChI is InChI=1S/C14H19FO3/c1-9(2)6-10(3)8-18-13-5-4-11(14(16)17)7-12(13)15/h4-5,7,9-10H,6,8H2,1-3H3,(H,16,17). The molecule has 1 aromatic carbocycles. The molecule has 1 unspecified atom stereocenters. The minimum Gasteiger partial charge on any atom is -0.490 e. The smallest absolute Gasteiger partial charge is 0.335 e. The minimum absolute atomic E-state index is 0.0740. The van der Waals surface area contributed by atoms with Gasteiger partial charge in [-0.2, -0.15) is 0 Å². The Balaban J connectivity index is 2.60. The molecule has 0 saturated heterocycles. The molecule has 0 aliphatic rings. The van der Waals surface area contributed by atoms with Crippen molar-refractivity contribution in [3.05, 3.63) is 29.6 Å². The van der Waals surface area contributed by atoms with Crippen LogP contribution in [0.4, 0.5) is 4.39 Å². The second kappa shape index (κ2) is 6.38. The van der Waals surface area contributed by atoms with Gasteiger partial charge in [0.1, 0.15) is 0 Å². The van der Waals surface area contributed by atoms with E-state index in [1.54, 1.807) is 0 Å². The van der Waals surface area contributed by atoms with Crippen LogP contribution >= 0.6 is 0 Å². The summed E-state index contributed by atoms with van der Waals surface area (Å²) in [7, 11) is 0. The van der Waals surface area contributed by atoms with Crippen LogP contribution in [0.2, 0.25) is 0 Å². The lowest BCUT2D eigenvalue weighted by atomic mass is 10.00. The first-order valence-corrected chi connectivity index (χ1v) is 6.05. The highest BCUT2D eigenvalue weighted by Crippen LogP contribution is 2.20. The molecule has 0 aromatic heterocycles. The van der Waals surface area contributed by atoms with Crippen molar-refractivity contribution in [3.8, 4) is 5.75 Å². The second-order valence-corrected chi connectivity index (χ2v) is 5.00. The Kier molecular flexibility index (Phi) is 5.13. The van der Waals surface area contributed by atoms with Gasteiger partial charge in [0.05, 0.1) is 12.2 Å². The number of aromatic carboxylic acids is 1. The van der Waals surface area contributed by atoms with E-state index in [0.29, 0.717) is 18.4 Å². The number of halogens is 1. The lowest BCUT2D eigenvalue weighted by molar-refractivity contribution is 0.0696. The molecule has 3 nitrogen and oxygen atoms in total. The normalized spacial score (nSPS) is 12.5. The van der Waals surface area contributed by atoms with Crippen molar-refractivity contribution >= 4 is 5.97 Å². The summed E-state index contributed by atoms with van der Waals surface area (Å²) in [6, 6.07) is 3.68. The monoisotopic (exact) mass is 254 g/mol. The Bertz CT molecular complexity index is 416. The molecule has 1 atom stereocenters. The van der Waals surface area contributed by atoms with E-state index >= 15 is 0 Å². The van der Waals surface area contributed by atoms with Crippen LogP contribution in [0.5, 0.6) is 5.75 Å². The molecule has 100 valence electrons. The van der Waals surface area contributed by atoms with E-state index in [-0.39, 0.29) is 11.3 Å². The molecular formula is C14H19FO3. The zero-order valence-corrected chi connectivity index (χ0v) is 10.9. The minimum atomic E-state index is -1.14. The number of benzene rings is 1. The van der Waals surface area contributed by atoms with E-state index in [2.05, 4.69) is 13.8 Å². The van der Waals surface area contributed by atoms with Gasteiger partial charge in [-0.25, -0.2) is 9.18 Å². The Morgan fingerprint density at radius 2 is 2.06 bits per heavy atom. The number of carboxylic acids is 1. The fraction of sp³-hybridized carbons (Fsp3) is 0.500. The molecule has 4 heteroatoms. The summed E-state index contributed by atoms with van der Waals surface area (Å²) < 4.78 is 18.9. The molecule has 0 aliphatic heterocycles. The first-order chi connectivity index (χ1) is 8.40. The topological polar surface area (TPSA) is 46.5 Å². The van der Waals surface area contributed by atoms with Crippen LogP contribution in [0, 0.1) is 17.7 Å². The molecule has 18 heavy (non-hydrogen) atoms. The number of hydrogen-bond acceptors (Lipinski definition) is 2. The average Bonchev–Trinajstić information content (AvgIpc) is 2.26. The maximum atomic E-state index is 13.5. The largest absolute Gasteiger partial charge is 0.490 e. The van der Waals surface area contributed by atoms with Gasteiger partial charge in [0, 0.05) is 0 Å². The Labute approximate surface area is 107 Å². The van der Waals surface area contributed by atoms with Crippen LogP contribution in [-0.4, -0.2) is 17.7 Å². The highest BCUT2D eigenvalue weighted by atomic mass is 19.1. The summed E-state index contributed by atoms with van der Waals surface area (Å²) in [5.74, 6) is -0.762. The van der Waals surface area contributed by atoms with Crippen LogP contribution < -0.4 is 4.74 Å². The van der Waals surface area contributed by atoms with E-state index in [1.165, 1.54) is 12.1 Å². The fourth-order valence-corrected chi connectivity index (χ4v) is 1.86. The lowest BCUT2D eigenvalue weighted by Gasteiger charge is -2.15. The quantitative estimate of drug-likeness (QED) is 0.844. The summed E-state index contributed by atoms with van der Waals surface area (Å²) in [5.41, 5.74) is -0.0740. The highest BCUT2D eigenvalue weighted by Gasteiger charge is 2.11. The molecule has 0 amide bonds. The van der Waals surface area contributed by atoms with Gasteiger partial charge in [-0.05, 0) is 36.5 Å². The highest BCUT2D eigenvalue weighted by molar-refractivity contribution is 5.87. The maximum absolute atomic E-state index is 13.5. The van der Waals surface area contributed by atoms with Gasteiger partial charge in [0.25, 0.3) is 0 Å². The predicted octanol–water partition coefficient (Wildman–Crippen LogP) is 3.58. The van der Waals surface area contributed by atoms with Crippen LogP contribution in [0.25, 0.3) is 0 Å². The van der Waals surface area contributed by atoms with E-state index in [0.717, 1.165) is 12.5 Å². The zero-order chi connectivity index (χ0) is 13.7. The predicted molar refractivity (Wildman–Crippen MR) is 67.5 cm³/mol. The van der Waals surface area contributed by atoms with Crippen LogP contribution in [0.1, 0.15) is 37.6 Å². The van der Waals surface area contributed by atoms with E-state index in [4.69, 9.17) is 9.84 Å². The summed E-state index contributed by atoms with van der Waals surface area (Å²) in [5, 5.41) is 8.71. The molecule has 1 aromatic rings. The fourth-order valence-electron chi connectivity index (χ4n) is 1.86. The molecule has 0 radical (unpaired) electrons. The number of ether oxygens (including phenoxy) is 1. The van der Waals surface area contributed by atoms with Crippen LogP contribution in [0.3, 0.4) is 0 Å². The van der Waals surface area contributed by atoms with Gasteiger partial charge in [0.2, 0.25) is 0 Å². The number of carboxylic acid groups (broad SMARTS) is 1. The third-order valence-electron chi connectivity index (χ3n) is 2.58. The molecule has 0 heterocycles. The Morgan fingerprint density at radius 3 is 2.56 bits per heavy atom. The molecule has 1 N–H and O–H groups in total. The molecule has 0 aliphatic carbocycles. The van der Waals surface area contributed by atoms with Crippen molar-refractivity contribution in [3.63, 3.8) is 0 Å². The third kappa shape index (κ3) is 4.35. The molecule has 0 spiro atoms. The summed E-state index contributed by atoms with van der Waals surface area (Å²) in [6.07, 6.45) is 1.01. The molecule has 0 saturated carbocycles. The summed E-state index contributed by atoms with van der Waals surface area (Å²) in [4.78, 5) is 10.6. The van der Waals surface area contributed by atoms with Gasteiger partial charge in [-0.3, -0.25) is 0 Å². The number of rotatable bonds is 6. The SMILES string of the molecule is CC(C)CC(C)COc1ccc(C(=O)O)cc1F. The average molecular weight is 254 g/mol. The van der Waals surface area contributed by atoms with Crippen molar-refractivity contribution in [2.75, 3.05) is 6.61 Å². The zero-order valence-electron chi connectivity index (χ0n) is 10.9. The van der Waals surface area contributed by atoms with E-state index in [9.17, 15) is 9.18 Å². The van der Waals surface area contributed by atoms with Crippen molar-refractivity contribution in [2.45, 2.75) is 27.2 Å². The van der Waals surface area contributed by atoms with Crippen molar-refractivity contribution in [2.24, 2.45) is 11.8 Å². The van der Waals surface area contributed by atoms with E-state index in [1.807, 2.05) is 6.92 Å². The van der Waals surface area contributed by atoms with Gasteiger partial charge < -0.3 is 9.84 Å². The van der Waals surface area contributed by atoms with Gasteiger partial charge in [0.15, 0.2) is 11.6 Å². The molecule has 0 fully saturated rings. The van der Waals surface area contributed by atoms with Crippen LogP contribution in [0.15, 0.2) is 18.2 Å². The number of carbonyl (C=O) groups is 1. The maximum Gasteiger partial charge on any atom is 0.335 e. The Morgan fingerprint density at radius 1 is 1.39 bits per heavy atom.